The lowest BCUT2D eigenvalue weighted by molar-refractivity contribution is 0.421. The molecule has 3 rings (SSSR count). The molecule has 1 aliphatic heterocycles. The van der Waals surface area contributed by atoms with E-state index >= 15 is 0 Å². The van der Waals surface area contributed by atoms with Crippen LogP contribution in [0.25, 0.3) is 10.9 Å². The predicted octanol–water partition coefficient (Wildman–Crippen LogP) is 4.17. The maximum atomic E-state index is 4.50. The van der Waals surface area contributed by atoms with Gasteiger partial charge in [0, 0.05) is 22.4 Å². The Bertz CT molecular complexity index is 590. The number of hydrogen-bond donors (Lipinski definition) is 1. The quantitative estimate of drug-likeness (QED) is 0.913. The summed E-state index contributed by atoms with van der Waals surface area (Å²) < 4.78 is 0.304. The Kier molecular flexibility index (Phi) is 3.99. The Balaban J connectivity index is 2.00. The molecule has 3 heteroatoms. The van der Waals surface area contributed by atoms with Gasteiger partial charge in [0.25, 0.3) is 0 Å². The van der Waals surface area contributed by atoms with Crippen molar-refractivity contribution in [2.24, 2.45) is 0 Å². The van der Waals surface area contributed by atoms with Crippen LogP contribution < -0.4 is 5.32 Å². The van der Waals surface area contributed by atoms with Crippen molar-refractivity contribution in [3.05, 3.63) is 42.1 Å². The Morgan fingerprint density at radius 3 is 3.05 bits per heavy atom. The summed E-state index contributed by atoms with van der Waals surface area (Å²) in [5, 5.41) is 4.92. The summed E-state index contributed by atoms with van der Waals surface area (Å²) in [5.74, 6) is 1.28. The van der Waals surface area contributed by atoms with E-state index in [9.17, 15) is 0 Å². The van der Waals surface area contributed by atoms with Crippen LogP contribution in [0.15, 0.2) is 36.5 Å². The second kappa shape index (κ2) is 5.74. The summed E-state index contributed by atoms with van der Waals surface area (Å²) in [7, 11) is 0. The second-order valence-electron chi connectivity index (χ2n) is 5.71. The maximum Gasteiger partial charge on any atom is 0.0705 e. The highest BCUT2D eigenvalue weighted by Crippen LogP contribution is 2.46. The minimum Gasteiger partial charge on any atom is -0.309 e. The molecule has 1 aliphatic rings. The number of fused-ring (bicyclic) bond motifs is 1. The monoisotopic (exact) mass is 286 g/mol. The van der Waals surface area contributed by atoms with Gasteiger partial charge in [-0.3, -0.25) is 4.98 Å². The normalized spacial score (nSPS) is 24.1. The Morgan fingerprint density at radius 2 is 2.30 bits per heavy atom. The smallest absolute Gasteiger partial charge is 0.0705 e. The van der Waals surface area contributed by atoms with E-state index in [1.807, 2.05) is 12.3 Å². The van der Waals surface area contributed by atoms with Gasteiger partial charge in [0.05, 0.1) is 5.52 Å². The van der Waals surface area contributed by atoms with E-state index in [0.717, 1.165) is 12.1 Å². The lowest BCUT2D eigenvalue weighted by atomic mass is 9.89. The molecule has 106 valence electrons. The van der Waals surface area contributed by atoms with E-state index in [4.69, 9.17) is 0 Å². The Morgan fingerprint density at radius 1 is 1.40 bits per heavy atom. The molecule has 20 heavy (non-hydrogen) atoms. The van der Waals surface area contributed by atoms with Gasteiger partial charge in [0.1, 0.15) is 0 Å². The van der Waals surface area contributed by atoms with E-state index in [0.29, 0.717) is 10.8 Å². The van der Waals surface area contributed by atoms with Gasteiger partial charge in [-0.2, -0.15) is 11.8 Å². The fraction of sp³-hybridized carbons (Fsp3) is 0.471. The molecule has 0 saturated carbocycles. The number of hydrogen-bond acceptors (Lipinski definition) is 3. The van der Waals surface area contributed by atoms with Gasteiger partial charge in [-0.25, -0.2) is 0 Å². The lowest BCUT2D eigenvalue weighted by Gasteiger charge is -2.34. The maximum absolute atomic E-state index is 4.50. The van der Waals surface area contributed by atoms with E-state index in [1.165, 1.54) is 29.5 Å². The minimum absolute atomic E-state index is 0.304. The first-order chi connectivity index (χ1) is 9.73. The van der Waals surface area contributed by atoms with Gasteiger partial charge in [-0.15, -0.1) is 0 Å². The number of rotatable bonds is 4. The Labute approximate surface area is 125 Å². The van der Waals surface area contributed by atoms with Crippen LogP contribution in [0.1, 0.15) is 38.3 Å². The summed E-state index contributed by atoms with van der Waals surface area (Å²) in [6.45, 7) is 5.59. The van der Waals surface area contributed by atoms with Crippen LogP contribution in [0.4, 0.5) is 0 Å². The summed E-state index contributed by atoms with van der Waals surface area (Å²) in [4.78, 5) is 4.50. The molecule has 1 fully saturated rings. The highest BCUT2D eigenvalue weighted by atomic mass is 32.2. The Hall–Kier alpha value is -1.06. The van der Waals surface area contributed by atoms with Crippen LogP contribution >= 0.6 is 11.8 Å². The van der Waals surface area contributed by atoms with E-state index in [-0.39, 0.29) is 0 Å². The van der Waals surface area contributed by atoms with Crippen molar-refractivity contribution >= 4 is 22.7 Å². The lowest BCUT2D eigenvalue weighted by Crippen LogP contribution is -2.37. The fourth-order valence-electron chi connectivity index (χ4n) is 3.18. The van der Waals surface area contributed by atoms with Gasteiger partial charge in [0.15, 0.2) is 0 Å². The number of pyridine rings is 1. The van der Waals surface area contributed by atoms with Crippen molar-refractivity contribution in [1.29, 1.82) is 0 Å². The van der Waals surface area contributed by atoms with Crippen LogP contribution in [0.3, 0.4) is 0 Å². The van der Waals surface area contributed by atoms with Crippen molar-refractivity contribution in [3.8, 4) is 0 Å². The molecular formula is C17H22N2S. The minimum atomic E-state index is 0.304. The number of aromatic nitrogens is 1. The molecule has 2 aromatic rings. The SMILES string of the molecule is CCNC(c1ccc2cccnc2c1)C1(C)CCCS1. The average molecular weight is 286 g/mol. The molecule has 2 atom stereocenters. The van der Waals surface area contributed by atoms with Crippen molar-refractivity contribution in [1.82, 2.24) is 10.3 Å². The third-order valence-electron chi connectivity index (χ3n) is 4.23. The number of benzene rings is 1. The molecule has 2 nitrogen and oxygen atoms in total. The molecule has 0 amide bonds. The predicted molar refractivity (Wildman–Crippen MR) is 88.3 cm³/mol. The van der Waals surface area contributed by atoms with Crippen molar-refractivity contribution in [2.45, 2.75) is 37.5 Å². The molecule has 0 aliphatic carbocycles. The molecule has 1 aromatic carbocycles. The van der Waals surface area contributed by atoms with Gasteiger partial charge >= 0.3 is 0 Å². The van der Waals surface area contributed by atoms with Crippen molar-refractivity contribution < 1.29 is 0 Å². The number of thioether (sulfide) groups is 1. The molecule has 0 bridgehead atoms. The van der Waals surface area contributed by atoms with E-state index in [2.05, 4.69) is 60.2 Å². The standard InChI is InChI=1S/C17H22N2S/c1-3-18-16(17(2)9-5-11-20-17)14-8-7-13-6-4-10-19-15(13)12-14/h4,6-8,10,12,16,18H,3,5,9,11H2,1-2H3. The number of nitrogens with one attached hydrogen (secondary N) is 1. The third kappa shape index (κ3) is 2.57. The molecule has 1 saturated heterocycles. The molecule has 1 N–H and O–H groups in total. The summed E-state index contributed by atoms with van der Waals surface area (Å²) >= 11 is 2.11. The highest BCUT2D eigenvalue weighted by molar-refractivity contribution is 8.00. The summed E-state index contributed by atoms with van der Waals surface area (Å²) in [6.07, 6.45) is 4.49. The van der Waals surface area contributed by atoms with E-state index < -0.39 is 0 Å². The summed E-state index contributed by atoms with van der Waals surface area (Å²) in [5.41, 5.74) is 2.47. The zero-order valence-electron chi connectivity index (χ0n) is 12.2. The average Bonchev–Trinajstić information content (AvgIpc) is 2.92. The van der Waals surface area contributed by atoms with Crippen LogP contribution in [0.5, 0.6) is 0 Å². The van der Waals surface area contributed by atoms with Gasteiger partial charge < -0.3 is 5.32 Å². The highest BCUT2D eigenvalue weighted by Gasteiger charge is 2.38. The largest absolute Gasteiger partial charge is 0.309 e. The van der Waals surface area contributed by atoms with Crippen LogP contribution in [-0.4, -0.2) is 22.0 Å². The molecule has 2 unspecified atom stereocenters. The summed E-state index contributed by atoms with van der Waals surface area (Å²) in [6, 6.07) is 11.3. The zero-order chi connectivity index (χ0) is 14.0. The second-order valence-corrected chi connectivity index (χ2v) is 7.34. The van der Waals surface area contributed by atoms with Gasteiger partial charge in [0.2, 0.25) is 0 Å². The van der Waals surface area contributed by atoms with Crippen molar-refractivity contribution in [3.63, 3.8) is 0 Å². The fourth-order valence-corrected chi connectivity index (χ4v) is 4.61. The van der Waals surface area contributed by atoms with Gasteiger partial charge in [-0.1, -0.05) is 25.1 Å². The first-order valence-electron chi connectivity index (χ1n) is 7.45. The third-order valence-corrected chi connectivity index (χ3v) is 5.82. The van der Waals surface area contributed by atoms with Gasteiger partial charge in [-0.05, 0) is 49.8 Å². The molecule has 0 radical (unpaired) electrons. The molecule has 2 heterocycles. The molecular weight excluding hydrogens is 264 g/mol. The van der Waals surface area contributed by atoms with E-state index in [1.54, 1.807) is 0 Å². The first kappa shape index (κ1) is 13.9. The van der Waals surface area contributed by atoms with Crippen LogP contribution in [0.2, 0.25) is 0 Å². The topological polar surface area (TPSA) is 24.9 Å². The van der Waals surface area contributed by atoms with Crippen LogP contribution in [-0.2, 0) is 0 Å². The zero-order valence-corrected chi connectivity index (χ0v) is 13.0. The molecule has 1 aromatic heterocycles. The molecule has 0 spiro atoms. The number of nitrogens with zero attached hydrogens (tertiary/aromatic N) is 1. The first-order valence-corrected chi connectivity index (χ1v) is 8.43. The van der Waals surface area contributed by atoms with Crippen LogP contribution in [0, 0.1) is 0 Å². The van der Waals surface area contributed by atoms with Crippen molar-refractivity contribution in [2.75, 3.05) is 12.3 Å².